The third kappa shape index (κ3) is 6.97. The van der Waals surface area contributed by atoms with Gasteiger partial charge >= 0.3 is 0 Å². The summed E-state index contributed by atoms with van der Waals surface area (Å²) in [5, 5.41) is 3.41. The Balaban J connectivity index is 1.77. The zero-order valence-corrected chi connectivity index (χ0v) is 20.8. The zero-order chi connectivity index (χ0) is 25.0. The van der Waals surface area contributed by atoms with E-state index >= 15 is 0 Å². The number of allylic oxidation sites excluding steroid dienone is 2. The number of nitrogens with zero attached hydrogens (tertiary/aromatic N) is 1. The number of rotatable bonds is 11. The fourth-order valence-corrected chi connectivity index (χ4v) is 3.72. The molecule has 0 atom stereocenters. The van der Waals surface area contributed by atoms with E-state index in [1.54, 1.807) is 11.0 Å². The Morgan fingerprint density at radius 1 is 0.943 bits per heavy atom. The van der Waals surface area contributed by atoms with Gasteiger partial charge in [-0.15, -0.1) is 6.58 Å². The van der Waals surface area contributed by atoms with E-state index in [2.05, 4.69) is 18.8 Å². The number of hydrogen-bond donors (Lipinski definition) is 1. The molecule has 180 valence electrons. The van der Waals surface area contributed by atoms with E-state index in [1.165, 1.54) is 0 Å². The number of ether oxygens (including phenoxy) is 1. The van der Waals surface area contributed by atoms with Crippen LogP contribution in [0.5, 0.6) is 11.5 Å². The van der Waals surface area contributed by atoms with Crippen LogP contribution in [-0.2, 0) is 11.3 Å². The first-order valence-corrected chi connectivity index (χ1v) is 12.0. The summed E-state index contributed by atoms with van der Waals surface area (Å²) < 4.78 is 5.89. The van der Waals surface area contributed by atoms with Gasteiger partial charge in [0.25, 0.3) is 5.91 Å². The standard InChI is InChI=1S/C31H34N2O2/c1-5-22-33(29(7-3)26-14-10-8-11-15-26)31(34)30(24(4)6-2)32-23-25-18-20-28(21-19-25)35-27-16-12-9-13-17-27/h5,7-21,32H,1,6,22-23H2,2-4H3/b29-7-,30-24?. The third-order valence-electron chi connectivity index (χ3n) is 5.73. The van der Waals surface area contributed by atoms with Crippen LogP contribution in [0.2, 0.25) is 0 Å². The lowest BCUT2D eigenvalue weighted by molar-refractivity contribution is -0.124. The predicted octanol–water partition coefficient (Wildman–Crippen LogP) is 7.33. The quantitative estimate of drug-likeness (QED) is 0.238. The average molecular weight is 467 g/mol. The Labute approximate surface area is 209 Å². The van der Waals surface area contributed by atoms with Crippen molar-refractivity contribution in [3.05, 3.63) is 126 Å². The van der Waals surface area contributed by atoms with Gasteiger partial charge in [-0.1, -0.05) is 79.7 Å². The van der Waals surface area contributed by atoms with E-state index in [1.807, 2.05) is 105 Å². The largest absolute Gasteiger partial charge is 0.457 e. The van der Waals surface area contributed by atoms with E-state index in [0.29, 0.717) is 18.8 Å². The molecule has 0 saturated carbocycles. The molecule has 0 aliphatic heterocycles. The fourth-order valence-electron chi connectivity index (χ4n) is 3.72. The number of carbonyl (C=O) groups excluding carboxylic acids is 1. The highest BCUT2D eigenvalue weighted by Crippen LogP contribution is 2.24. The third-order valence-corrected chi connectivity index (χ3v) is 5.73. The number of amides is 1. The Kier molecular flexibility index (Phi) is 9.49. The van der Waals surface area contributed by atoms with E-state index in [0.717, 1.165) is 40.3 Å². The van der Waals surface area contributed by atoms with Gasteiger partial charge in [-0.3, -0.25) is 4.79 Å². The molecule has 4 heteroatoms. The maximum Gasteiger partial charge on any atom is 0.274 e. The Hall–Kier alpha value is -4.05. The molecule has 0 fully saturated rings. The molecule has 0 bridgehead atoms. The molecule has 4 nitrogen and oxygen atoms in total. The van der Waals surface area contributed by atoms with Gasteiger partial charge in [0, 0.05) is 18.8 Å². The zero-order valence-electron chi connectivity index (χ0n) is 20.8. The lowest BCUT2D eigenvalue weighted by Crippen LogP contribution is -2.36. The van der Waals surface area contributed by atoms with Crippen molar-refractivity contribution in [2.45, 2.75) is 33.7 Å². The lowest BCUT2D eigenvalue weighted by Gasteiger charge is -2.27. The van der Waals surface area contributed by atoms with Crippen LogP contribution in [0.4, 0.5) is 0 Å². The van der Waals surface area contributed by atoms with Gasteiger partial charge in [-0.2, -0.15) is 0 Å². The van der Waals surface area contributed by atoms with Crippen molar-refractivity contribution in [1.29, 1.82) is 0 Å². The van der Waals surface area contributed by atoms with Gasteiger partial charge in [-0.25, -0.2) is 0 Å². The fraction of sp³-hybridized carbons (Fsp3) is 0.194. The van der Waals surface area contributed by atoms with E-state index in [-0.39, 0.29) is 5.91 Å². The first-order valence-electron chi connectivity index (χ1n) is 12.0. The number of hydrogen-bond acceptors (Lipinski definition) is 3. The maximum atomic E-state index is 13.8. The number of nitrogens with one attached hydrogen (secondary N) is 1. The van der Waals surface area contributed by atoms with Gasteiger partial charge in [0.2, 0.25) is 0 Å². The van der Waals surface area contributed by atoms with E-state index in [4.69, 9.17) is 4.74 Å². The molecule has 0 aromatic heterocycles. The van der Waals surface area contributed by atoms with Gasteiger partial charge in [-0.05, 0) is 61.2 Å². The minimum absolute atomic E-state index is 0.0646. The van der Waals surface area contributed by atoms with Gasteiger partial charge in [0.05, 0.1) is 5.70 Å². The van der Waals surface area contributed by atoms with Gasteiger partial charge < -0.3 is 15.0 Å². The molecular formula is C31H34N2O2. The molecule has 0 aliphatic carbocycles. The number of para-hydroxylation sites is 1. The monoisotopic (exact) mass is 466 g/mol. The molecule has 1 amide bonds. The second-order valence-electron chi connectivity index (χ2n) is 8.17. The predicted molar refractivity (Wildman–Crippen MR) is 145 cm³/mol. The highest BCUT2D eigenvalue weighted by molar-refractivity contribution is 5.99. The van der Waals surface area contributed by atoms with Crippen LogP contribution in [0.25, 0.3) is 5.70 Å². The van der Waals surface area contributed by atoms with Crippen molar-refractivity contribution in [2.24, 2.45) is 0 Å². The van der Waals surface area contributed by atoms with Crippen molar-refractivity contribution < 1.29 is 9.53 Å². The summed E-state index contributed by atoms with van der Waals surface area (Å²) in [5.74, 6) is 1.51. The van der Waals surface area contributed by atoms with Crippen molar-refractivity contribution in [2.75, 3.05) is 6.54 Å². The van der Waals surface area contributed by atoms with Crippen LogP contribution in [0, 0.1) is 0 Å². The number of benzene rings is 3. The molecular weight excluding hydrogens is 432 g/mol. The highest BCUT2D eigenvalue weighted by atomic mass is 16.5. The molecule has 0 spiro atoms. The minimum atomic E-state index is -0.0646. The molecule has 0 aliphatic rings. The summed E-state index contributed by atoms with van der Waals surface area (Å²) in [5.41, 5.74) is 4.55. The Morgan fingerprint density at radius 3 is 2.11 bits per heavy atom. The van der Waals surface area contributed by atoms with Crippen molar-refractivity contribution in [3.63, 3.8) is 0 Å². The molecule has 0 radical (unpaired) electrons. The Morgan fingerprint density at radius 2 is 1.54 bits per heavy atom. The first kappa shape index (κ1) is 25.6. The topological polar surface area (TPSA) is 41.6 Å². The van der Waals surface area contributed by atoms with E-state index < -0.39 is 0 Å². The summed E-state index contributed by atoms with van der Waals surface area (Å²) in [7, 11) is 0. The van der Waals surface area contributed by atoms with Crippen molar-refractivity contribution in [1.82, 2.24) is 10.2 Å². The summed E-state index contributed by atoms with van der Waals surface area (Å²) >= 11 is 0. The SMILES string of the molecule is C=CCN(C(=O)C(NCc1ccc(Oc2ccccc2)cc1)=C(C)CC)/C(=C\C)c1ccccc1. The molecule has 3 aromatic rings. The molecule has 3 aromatic carbocycles. The molecule has 0 saturated heterocycles. The van der Waals surface area contributed by atoms with Crippen LogP contribution in [0.15, 0.2) is 115 Å². The average Bonchev–Trinajstić information content (AvgIpc) is 2.90. The summed E-state index contributed by atoms with van der Waals surface area (Å²) in [6.45, 7) is 10.8. The van der Waals surface area contributed by atoms with Gasteiger partial charge in [0.1, 0.15) is 11.5 Å². The molecule has 3 rings (SSSR count). The first-order chi connectivity index (χ1) is 17.1. The van der Waals surface area contributed by atoms with Crippen LogP contribution >= 0.6 is 0 Å². The molecule has 0 heterocycles. The van der Waals surface area contributed by atoms with Crippen molar-refractivity contribution >= 4 is 11.6 Å². The second kappa shape index (κ2) is 13.0. The second-order valence-corrected chi connectivity index (χ2v) is 8.17. The van der Waals surface area contributed by atoms with Crippen LogP contribution < -0.4 is 10.1 Å². The molecule has 1 N–H and O–H groups in total. The normalized spacial score (nSPS) is 11.9. The lowest BCUT2D eigenvalue weighted by atomic mass is 10.1. The minimum Gasteiger partial charge on any atom is -0.457 e. The smallest absolute Gasteiger partial charge is 0.274 e. The highest BCUT2D eigenvalue weighted by Gasteiger charge is 2.23. The van der Waals surface area contributed by atoms with Crippen molar-refractivity contribution in [3.8, 4) is 11.5 Å². The number of carbonyl (C=O) groups is 1. The summed E-state index contributed by atoms with van der Waals surface area (Å²) in [6, 6.07) is 27.6. The summed E-state index contributed by atoms with van der Waals surface area (Å²) in [4.78, 5) is 15.6. The van der Waals surface area contributed by atoms with Crippen LogP contribution in [-0.4, -0.2) is 17.4 Å². The summed E-state index contributed by atoms with van der Waals surface area (Å²) in [6.07, 6.45) is 4.51. The van der Waals surface area contributed by atoms with Crippen LogP contribution in [0.1, 0.15) is 38.3 Å². The van der Waals surface area contributed by atoms with E-state index in [9.17, 15) is 4.79 Å². The van der Waals surface area contributed by atoms with Crippen LogP contribution in [0.3, 0.4) is 0 Å². The molecule has 0 unspecified atom stereocenters. The molecule has 35 heavy (non-hydrogen) atoms. The maximum absolute atomic E-state index is 13.8. The Bertz CT molecular complexity index is 1160. The van der Waals surface area contributed by atoms with Gasteiger partial charge in [0.15, 0.2) is 0 Å².